The van der Waals surface area contributed by atoms with Gasteiger partial charge in [-0.25, -0.2) is 4.98 Å². The SMILES string of the molecule is CC(C)Cn1ccnc(NCc2ccc(C#N)cc2)c1=O. The van der Waals surface area contributed by atoms with Crippen molar-refractivity contribution in [3.63, 3.8) is 0 Å². The first-order chi connectivity index (χ1) is 10.1. The lowest BCUT2D eigenvalue weighted by Crippen LogP contribution is -2.25. The third-order valence-electron chi connectivity index (χ3n) is 3.02. The Labute approximate surface area is 123 Å². The highest BCUT2D eigenvalue weighted by Gasteiger charge is 2.06. The van der Waals surface area contributed by atoms with Crippen molar-refractivity contribution in [1.82, 2.24) is 9.55 Å². The van der Waals surface area contributed by atoms with Gasteiger partial charge < -0.3 is 9.88 Å². The molecule has 1 aromatic carbocycles. The van der Waals surface area contributed by atoms with Crippen molar-refractivity contribution in [2.75, 3.05) is 5.32 Å². The van der Waals surface area contributed by atoms with Crippen molar-refractivity contribution in [3.05, 3.63) is 58.1 Å². The molecule has 2 rings (SSSR count). The van der Waals surface area contributed by atoms with Crippen LogP contribution in [-0.2, 0) is 13.1 Å². The summed E-state index contributed by atoms with van der Waals surface area (Å²) in [7, 11) is 0. The molecule has 0 atom stereocenters. The Morgan fingerprint density at radius 3 is 2.67 bits per heavy atom. The first kappa shape index (κ1) is 14.8. The van der Waals surface area contributed by atoms with Gasteiger partial charge >= 0.3 is 0 Å². The molecule has 1 aromatic heterocycles. The van der Waals surface area contributed by atoms with Crippen LogP contribution in [0.25, 0.3) is 0 Å². The van der Waals surface area contributed by atoms with E-state index >= 15 is 0 Å². The Bertz CT molecular complexity index is 695. The number of rotatable bonds is 5. The van der Waals surface area contributed by atoms with Gasteiger partial charge in [0, 0.05) is 25.5 Å². The molecule has 0 aliphatic heterocycles. The zero-order valence-corrected chi connectivity index (χ0v) is 12.2. The van der Waals surface area contributed by atoms with Crippen molar-refractivity contribution >= 4 is 5.82 Å². The van der Waals surface area contributed by atoms with Crippen LogP contribution in [0, 0.1) is 17.2 Å². The summed E-state index contributed by atoms with van der Waals surface area (Å²) in [6.45, 7) is 5.31. The predicted octanol–water partition coefficient (Wildman–Crippen LogP) is 2.38. The van der Waals surface area contributed by atoms with Crippen LogP contribution >= 0.6 is 0 Å². The van der Waals surface area contributed by atoms with Crippen LogP contribution in [-0.4, -0.2) is 9.55 Å². The third-order valence-corrected chi connectivity index (χ3v) is 3.02. The van der Waals surface area contributed by atoms with Gasteiger partial charge in [0.05, 0.1) is 11.6 Å². The molecule has 0 saturated carbocycles. The summed E-state index contributed by atoms with van der Waals surface area (Å²) >= 11 is 0. The minimum Gasteiger partial charge on any atom is -0.361 e. The standard InChI is InChI=1S/C16H18N4O/c1-12(2)11-20-8-7-18-15(16(20)21)19-10-14-5-3-13(9-17)4-6-14/h3-8,12H,10-11H2,1-2H3,(H,18,19). The molecule has 0 fully saturated rings. The smallest absolute Gasteiger partial charge is 0.293 e. The van der Waals surface area contributed by atoms with Crippen molar-refractivity contribution in [3.8, 4) is 6.07 Å². The van der Waals surface area contributed by atoms with Crippen LogP contribution in [0.2, 0.25) is 0 Å². The van der Waals surface area contributed by atoms with E-state index in [0.29, 0.717) is 30.4 Å². The quantitative estimate of drug-likeness (QED) is 0.914. The summed E-state index contributed by atoms with van der Waals surface area (Å²) in [5, 5.41) is 11.8. The molecule has 5 heteroatoms. The average Bonchev–Trinajstić information content (AvgIpc) is 2.48. The molecule has 5 nitrogen and oxygen atoms in total. The summed E-state index contributed by atoms with van der Waals surface area (Å²) in [4.78, 5) is 16.3. The van der Waals surface area contributed by atoms with Crippen molar-refractivity contribution < 1.29 is 0 Å². The normalized spacial score (nSPS) is 10.4. The highest BCUT2D eigenvalue weighted by atomic mass is 16.1. The van der Waals surface area contributed by atoms with Crippen LogP contribution in [0.5, 0.6) is 0 Å². The van der Waals surface area contributed by atoms with E-state index in [4.69, 9.17) is 5.26 Å². The molecule has 0 saturated heterocycles. The van der Waals surface area contributed by atoms with Gasteiger partial charge in [0.25, 0.3) is 5.56 Å². The first-order valence-corrected chi connectivity index (χ1v) is 6.88. The van der Waals surface area contributed by atoms with E-state index in [9.17, 15) is 4.79 Å². The molecule has 0 bridgehead atoms. The van der Waals surface area contributed by atoms with Gasteiger partial charge in [-0.1, -0.05) is 26.0 Å². The maximum atomic E-state index is 12.2. The van der Waals surface area contributed by atoms with Crippen molar-refractivity contribution in [1.29, 1.82) is 5.26 Å². The molecule has 0 radical (unpaired) electrons. The van der Waals surface area contributed by atoms with Gasteiger partial charge in [-0.05, 0) is 23.6 Å². The van der Waals surface area contributed by atoms with Crippen LogP contribution in [0.4, 0.5) is 5.82 Å². The molecule has 2 aromatic rings. The molecule has 1 N–H and O–H groups in total. The lowest BCUT2D eigenvalue weighted by molar-refractivity contribution is 0.509. The molecular formula is C16H18N4O. The number of hydrogen-bond acceptors (Lipinski definition) is 4. The summed E-state index contributed by atoms with van der Waals surface area (Å²) < 4.78 is 1.67. The Hall–Kier alpha value is -2.61. The second-order valence-corrected chi connectivity index (χ2v) is 5.29. The number of hydrogen-bond donors (Lipinski definition) is 1. The fraction of sp³-hybridized carbons (Fsp3) is 0.312. The summed E-state index contributed by atoms with van der Waals surface area (Å²) in [5.74, 6) is 0.749. The topological polar surface area (TPSA) is 70.7 Å². The van der Waals surface area contributed by atoms with Crippen molar-refractivity contribution in [2.45, 2.75) is 26.9 Å². The third kappa shape index (κ3) is 3.93. The fourth-order valence-corrected chi connectivity index (χ4v) is 1.99. The highest BCUT2D eigenvalue weighted by molar-refractivity contribution is 5.35. The fourth-order valence-electron chi connectivity index (χ4n) is 1.99. The number of nitrogens with zero attached hydrogens (tertiary/aromatic N) is 3. The lowest BCUT2D eigenvalue weighted by atomic mass is 10.1. The number of anilines is 1. The monoisotopic (exact) mass is 282 g/mol. The highest BCUT2D eigenvalue weighted by Crippen LogP contribution is 2.05. The van der Waals surface area contributed by atoms with Gasteiger partial charge in [0.1, 0.15) is 0 Å². The van der Waals surface area contributed by atoms with E-state index in [-0.39, 0.29) is 5.56 Å². The van der Waals surface area contributed by atoms with Gasteiger partial charge in [0.2, 0.25) is 0 Å². The summed E-state index contributed by atoms with van der Waals surface area (Å²) in [6, 6.07) is 9.31. The average molecular weight is 282 g/mol. The van der Waals surface area contributed by atoms with Crippen LogP contribution < -0.4 is 10.9 Å². The van der Waals surface area contributed by atoms with Gasteiger partial charge in [0.15, 0.2) is 5.82 Å². The molecule has 0 spiro atoms. The Morgan fingerprint density at radius 1 is 1.33 bits per heavy atom. The largest absolute Gasteiger partial charge is 0.361 e. The van der Waals surface area contributed by atoms with Crippen LogP contribution in [0.1, 0.15) is 25.0 Å². The molecule has 0 aliphatic rings. The zero-order valence-electron chi connectivity index (χ0n) is 12.2. The first-order valence-electron chi connectivity index (χ1n) is 6.88. The molecule has 108 valence electrons. The second-order valence-electron chi connectivity index (χ2n) is 5.29. The number of nitrogens with one attached hydrogen (secondary N) is 1. The summed E-state index contributed by atoms with van der Waals surface area (Å²) in [5.41, 5.74) is 1.50. The minimum atomic E-state index is -0.111. The second kappa shape index (κ2) is 6.71. The predicted molar refractivity (Wildman–Crippen MR) is 81.8 cm³/mol. The van der Waals surface area contributed by atoms with Crippen LogP contribution in [0.3, 0.4) is 0 Å². The Morgan fingerprint density at radius 2 is 2.05 bits per heavy atom. The molecule has 0 unspecified atom stereocenters. The van der Waals surface area contributed by atoms with Gasteiger partial charge in [-0.15, -0.1) is 0 Å². The van der Waals surface area contributed by atoms with Gasteiger partial charge in [-0.3, -0.25) is 4.79 Å². The Kier molecular flexibility index (Phi) is 4.72. The number of benzene rings is 1. The van der Waals surface area contributed by atoms with E-state index in [1.165, 1.54) is 0 Å². The molecule has 1 heterocycles. The minimum absolute atomic E-state index is 0.111. The maximum absolute atomic E-state index is 12.2. The number of aromatic nitrogens is 2. The Balaban J connectivity index is 2.09. The van der Waals surface area contributed by atoms with Gasteiger partial charge in [-0.2, -0.15) is 5.26 Å². The zero-order chi connectivity index (χ0) is 15.2. The van der Waals surface area contributed by atoms with Crippen molar-refractivity contribution in [2.24, 2.45) is 5.92 Å². The lowest BCUT2D eigenvalue weighted by Gasteiger charge is -2.10. The number of nitriles is 1. The maximum Gasteiger partial charge on any atom is 0.293 e. The van der Waals surface area contributed by atoms with E-state index in [1.807, 2.05) is 12.1 Å². The molecule has 21 heavy (non-hydrogen) atoms. The molecular weight excluding hydrogens is 264 g/mol. The molecule has 0 aliphatic carbocycles. The van der Waals surface area contributed by atoms with E-state index in [0.717, 1.165) is 5.56 Å². The molecule has 0 amide bonds. The van der Waals surface area contributed by atoms with E-state index in [1.54, 1.807) is 29.1 Å². The summed E-state index contributed by atoms with van der Waals surface area (Å²) in [6.07, 6.45) is 3.33. The van der Waals surface area contributed by atoms with E-state index in [2.05, 4.69) is 30.2 Å². The van der Waals surface area contributed by atoms with E-state index < -0.39 is 0 Å². The van der Waals surface area contributed by atoms with Crippen LogP contribution in [0.15, 0.2) is 41.5 Å².